The molecule has 13 heavy (non-hydrogen) atoms. The van der Waals surface area contributed by atoms with Crippen LogP contribution in [0, 0.1) is 5.92 Å². The van der Waals surface area contributed by atoms with E-state index in [0.29, 0.717) is 12.0 Å². The molecule has 0 radical (unpaired) electrons. The second-order valence-electron chi connectivity index (χ2n) is 3.34. The molecule has 0 unspecified atom stereocenters. The lowest BCUT2D eigenvalue weighted by Gasteiger charge is -1.99. The fourth-order valence-electron chi connectivity index (χ4n) is 1.18. The van der Waals surface area contributed by atoms with Gasteiger partial charge in [0.15, 0.2) is 5.78 Å². The average Bonchev–Trinajstić information content (AvgIpc) is 2.95. The van der Waals surface area contributed by atoms with E-state index >= 15 is 0 Å². The Morgan fingerprint density at radius 3 is 2.54 bits per heavy atom. The molecule has 0 bridgehead atoms. The van der Waals surface area contributed by atoms with Gasteiger partial charge in [-0.15, -0.1) is 0 Å². The molecule has 0 aromatic heterocycles. The monoisotopic (exact) mass is 182 g/mol. The number of carbonyl (C=O) groups is 1. The Balaban J connectivity index is 2.68. The average molecular weight is 182 g/mol. The van der Waals surface area contributed by atoms with Gasteiger partial charge in [0.1, 0.15) is 5.83 Å². The maximum Gasteiger partial charge on any atom is 0.159 e. The highest BCUT2D eigenvalue weighted by Gasteiger charge is 2.28. The third-order valence-electron chi connectivity index (χ3n) is 2.24. The summed E-state index contributed by atoms with van der Waals surface area (Å²) in [6.07, 6.45) is 5.39. The van der Waals surface area contributed by atoms with Gasteiger partial charge in [0.05, 0.1) is 0 Å². The molecule has 1 nitrogen and oxygen atoms in total. The van der Waals surface area contributed by atoms with Crippen LogP contribution in [0.5, 0.6) is 0 Å². The Morgan fingerprint density at radius 1 is 1.54 bits per heavy atom. The lowest BCUT2D eigenvalue weighted by Crippen LogP contribution is -1.97. The number of hydrogen-bond donors (Lipinski definition) is 0. The summed E-state index contributed by atoms with van der Waals surface area (Å²) < 4.78 is 13.1. The number of halogens is 1. The highest BCUT2D eigenvalue weighted by molar-refractivity contribution is 5.94. The zero-order valence-corrected chi connectivity index (χ0v) is 8.14. The van der Waals surface area contributed by atoms with E-state index in [1.165, 1.54) is 12.2 Å². The topological polar surface area (TPSA) is 17.1 Å². The van der Waals surface area contributed by atoms with Crippen molar-refractivity contribution in [1.29, 1.82) is 0 Å². The van der Waals surface area contributed by atoms with E-state index in [1.807, 2.05) is 6.92 Å². The van der Waals surface area contributed by atoms with Crippen LogP contribution in [-0.4, -0.2) is 5.78 Å². The molecular weight excluding hydrogens is 167 g/mol. The second-order valence-corrected chi connectivity index (χ2v) is 3.34. The number of rotatable bonds is 4. The molecule has 1 fully saturated rings. The van der Waals surface area contributed by atoms with Crippen LogP contribution in [-0.2, 0) is 4.79 Å². The summed E-state index contributed by atoms with van der Waals surface area (Å²) in [6.45, 7) is 3.50. The van der Waals surface area contributed by atoms with Crippen molar-refractivity contribution < 1.29 is 9.18 Å². The molecule has 1 aliphatic carbocycles. The zero-order chi connectivity index (χ0) is 9.84. The lowest BCUT2D eigenvalue weighted by molar-refractivity contribution is -0.115. The van der Waals surface area contributed by atoms with E-state index in [0.717, 1.165) is 12.8 Å². The van der Waals surface area contributed by atoms with E-state index in [4.69, 9.17) is 0 Å². The van der Waals surface area contributed by atoms with Gasteiger partial charge in [-0.1, -0.05) is 13.0 Å². The Labute approximate surface area is 78.3 Å². The van der Waals surface area contributed by atoms with E-state index in [9.17, 15) is 9.18 Å². The molecular formula is C11H15FO. The van der Waals surface area contributed by atoms with Crippen molar-refractivity contribution in [2.75, 3.05) is 0 Å². The molecule has 2 heteroatoms. The highest BCUT2D eigenvalue weighted by Crippen LogP contribution is 2.31. The summed E-state index contributed by atoms with van der Waals surface area (Å²) in [5, 5.41) is 0. The highest BCUT2D eigenvalue weighted by atomic mass is 19.1. The Hall–Kier alpha value is -0.920. The molecule has 0 aliphatic heterocycles. The van der Waals surface area contributed by atoms with E-state index in [-0.39, 0.29) is 17.5 Å². The van der Waals surface area contributed by atoms with E-state index < -0.39 is 0 Å². The van der Waals surface area contributed by atoms with Crippen molar-refractivity contribution in [1.82, 2.24) is 0 Å². The van der Waals surface area contributed by atoms with Crippen molar-refractivity contribution in [3.8, 4) is 0 Å². The minimum atomic E-state index is -0.267. The Kier molecular flexibility index (Phi) is 3.40. The van der Waals surface area contributed by atoms with Gasteiger partial charge in [0, 0.05) is 5.92 Å². The lowest BCUT2D eigenvalue weighted by atomic mass is 10.1. The quantitative estimate of drug-likeness (QED) is 0.482. The van der Waals surface area contributed by atoms with Crippen LogP contribution in [0.25, 0.3) is 0 Å². The predicted molar refractivity (Wildman–Crippen MR) is 51.0 cm³/mol. The first-order valence-electron chi connectivity index (χ1n) is 4.75. The van der Waals surface area contributed by atoms with Crippen LogP contribution in [0.3, 0.4) is 0 Å². The van der Waals surface area contributed by atoms with Crippen molar-refractivity contribution >= 4 is 5.78 Å². The van der Waals surface area contributed by atoms with Gasteiger partial charge in [0.2, 0.25) is 0 Å². The fraction of sp³-hybridized carbons (Fsp3) is 0.545. The third kappa shape index (κ3) is 2.79. The first-order chi connectivity index (χ1) is 6.19. The Bertz CT molecular complexity index is 259. The van der Waals surface area contributed by atoms with Crippen molar-refractivity contribution in [3.05, 3.63) is 23.6 Å². The van der Waals surface area contributed by atoms with Gasteiger partial charge < -0.3 is 0 Å². The zero-order valence-electron chi connectivity index (χ0n) is 8.14. The number of hydrogen-bond acceptors (Lipinski definition) is 1. The molecule has 0 N–H and O–H groups in total. The van der Waals surface area contributed by atoms with Crippen LogP contribution < -0.4 is 0 Å². The van der Waals surface area contributed by atoms with Gasteiger partial charge >= 0.3 is 0 Å². The minimum Gasteiger partial charge on any atom is -0.295 e. The molecule has 0 atom stereocenters. The number of ketones is 1. The Morgan fingerprint density at radius 2 is 2.15 bits per heavy atom. The van der Waals surface area contributed by atoms with Crippen molar-refractivity contribution in [2.24, 2.45) is 5.92 Å². The van der Waals surface area contributed by atoms with Crippen molar-refractivity contribution in [2.45, 2.75) is 33.1 Å². The molecule has 1 saturated carbocycles. The third-order valence-corrected chi connectivity index (χ3v) is 2.24. The maximum atomic E-state index is 13.1. The van der Waals surface area contributed by atoms with Gasteiger partial charge in [-0.25, -0.2) is 4.39 Å². The van der Waals surface area contributed by atoms with Crippen LogP contribution in [0.15, 0.2) is 23.6 Å². The SMILES string of the molecule is CC=C(F)/C(=C\C(=O)C1CC1)CC. The van der Waals surface area contributed by atoms with E-state index in [2.05, 4.69) is 0 Å². The molecule has 1 rings (SSSR count). The van der Waals surface area contributed by atoms with Crippen LogP contribution in [0.4, 0.5) is 4.39 Å². The molecule has 0 amide bonds. The summed E-state index contributed by atoms with van der Waals surface area (Å²) in [7, 11) is 0. The summed E-state index contributed by atoms with van der Waals surface area (Å²) in [4.78, 5) is 11.3. The number of allylic oxidation sites excluding steroid dienone is 4. The molecule has 0 aromatic rings. The molecule has 72 valence electrons. The standard InChI is InChI=1S/C11H15FO/c1-3-8(10(12)4-2)7-11(13)9-5-6-9/h4,7,9H,3,5-6H2,1-2H3/b8-7-,10-4?. The largest absolute Gasteiger partial charge is 0.295 e. The minimum absolute atomic E-state index is 0.0915. The van der Waals surface area contributed by atoms with Crippen LogP contribution >= 0.6 is 0 Å². The van der Waals surface area contributed by atoms with Gasteiger partial charge in [-0.2, -0.15) is 0 Å². The van der Waals surface area contributed by atoms with Gasteiger partial charge in [-0.3, -0.25) is 4.79 Å². The van der Waals surface area contributed by atoms with Gasteiger partial charge in [0.25, 0.3) is 0 Å². The number of carbonyl (C=O) groups excluding carboxylic acids is 1. The second kappa shape index (κ2) is 4.35. The summed E-state index contributed by atoms with van der Waals surface area (Å²) >= 11 is 0. The molecule has 0 aromatic carbocycles. The first-order valence-corrected chi connectivity index (χ1v) is 4.75. The van der Waals surface area contributed by atoms with Gasteiger partial charge in [-0.05, 0) is 37.8 Å². The van der Waals surface area contributed by atoms with Crippen molar-refractivity contribution in [3.63, 3.8) is 0 Å². The maximum absolute atomic E-state index is 13.1. The predicted octanol–water partition coefficient (Wildman–Crippen LogP) is 3.18. The van der Waals surface area contributed by atoms with Crippen LogP contribution in [0.2, 0.25) is 0 Å². The molecule has 1 aliphatic rings. The fourth-order valence-corrected chi connectivity index (χ4v) is 1.18. The first kappa shape index (κ1) is 10.2. The molecule has 0 spiro atoms. The normalized spacial score (nSPS) is 19.0. The molecule has 0 saturated heterocycles. The smallest absolute Gasteiger partial charge is 0.159 e. The van der Waals surface area contributed by atoms with E-state index in [1.54, 1.807) is 6.92 Å². The summed E-state index contributed by atoms with van der Waals surface area (Å²) in [5.41, 5.74) is 0.527. The molecule has 0 heterocycles. The van der Waals surface area contributed by atoms with Crippen LogP contribution in [0.1, 0.15) is 33.1 Å². The summed E-state index contributed by atoms with van der Waals surface area (Å²) in [6, 6.07) is 0. The summed E-state index contributed by atoms with van der Waals surface area (Å²) in [5.74, 6) is 0.0107.